The Labute approximate surface area is 139 Å². The van der Waals surface area contributed by atoms with Gasteiger partial charge in [0, 0.05) is 30.2 Å². The Morgan fingerprint density at radius 2 is 1.83 bits per heavy atom. The average molecular weight is 315 g/mol. The molecule has 0 spiro atoms. The molecule has 3 heteroatoms. The van der Waals surface area contributed by atoms with E-state index in [9.17, 15) is 9.59 Å². The maximum Gasteiger partial charge on any atom is 0.139 e. The van der Waals surface area contributed by atoms with Crippen molar-refractivity contribution in [2.24, 2.45) is 28.6 Å². The van der Waals surface area contributed by atoms with Crippen LogP contribution in [0.5, 0.6) is 0 Å². The number of carbonyl (C=O) groups excluding carboxylic acids is 2. The van der Waals surface area contributed by atoms with Crippen LogP contribution in [-0.4, -0.2) is 23.7 Å². The molecule has 5 fully saturated rings. The molecule has 5 rings (SSSR count). The Morgan fingerprint density at radius 3 is 2.70 bits per heavy atom. The second-order valence-electron chi connectivity index (χ2n) is 9.46. The zero-order chi connectivity index (χ0) is 15.9. The van der Waals surface area contributed by atoms with Crippen molar-refractivity contribution < 1.29 is 9.59 Å². The van der Waals surface area contributed by atoms with E-state index in [1.165, 1.54) is 25.7 Å². The first-order valence-corrected chi connectivity index (χ1v) is 9.81. The van der Waals surface area contributed by atoms with E-state index in [-0.39, 0.29) is 11.0 Å². The summed E-state index contributed by atoms with van der Waals surface area (Å²) in [6, 6.07) is 0. The summed E-state index contributed by atoms with van der Waals surface area (Å²) >= 11 is 0. The minimum Gasteiger partial charge on any atom is -0.310 e. The van der Waals surface area contributed by atoms with Crippen LogP contribution in [0.1, 0.15) is 71.1 Å². The quantitative estimate of drug-likeness (QED) is 0.746. The van der Waals surface area contributed by atoms with Crippen LogP contribution in [0, 0.1) is 28.6 Å². The number of rotatable bonds is 0. The molecule has 4 aliphatic carbocycles. The standard InChI is InChI=1S/C20H29NO2/c1-18-7-6-16-14(15(18)2-3-17(18)23)5-9-20-12-13(22)4-8-19(16,20)10-11-21-20/h14-16,21H,2-12H2,1H3/t14-,15-,16-,18-,19-,20-/m0/s1. The summed E-state index contributed by atoms with van der Waals surface area (Å²) in [6.07, 6.45) is 10.6. The van der Waals surface area contributed by atoms with Crippen molar-refractivity contribution >= 4 is 11.6 Å². The molecule has 23 heavy (non-hydrogen) atoms. The molecule has 1 aliphatic heterocycles. The summed E-state index contributed by atoms with van der Waals surface area (Å²) in [5.74, 6) is 3.13. The molecule has 5 aliphatic rings. The zero-order valence-corrected chi connectivity index (χ0v) is 14.3. The van der Waals surface area contributed by atoms with Crippen LogP contribution in [0.15, 0.2) is 0 Å². The smallest absolute Gasteiger partial charge is 0.139 e. The lowest BCUT2D eigenvalue weighted by molar-refractivity contribution is -0.148. The predicted octanol–water partition coefficient (Wildman–Crippen LogP) is 3.26. The number of carbonyl (C=O) groups is 2. The van der Waals surface area contributed by atoms with Gasteiger partial charge in [-0.2, -0.15) is 0 Å². The van der Waals surface area contributed by atoms with Crippen LogP contribution in [0.3, 0.4) is 0 Å². The number of ketones is 2. The van der Waals surface area contributed by atoms with Crippen molar-refractivity contribution in [3.63, 3.8) is 0 Å². The Balaban J connectivity index is 1.55. The largest absolute Gasteiger partial charge is 0.310 e. The molecule has 4 saturated carbocycles. The predicted molar refractivity (Wildman–Crippen MR) is 87.9 cm³/mol. The van der Waals surface area contributed by atoms with E-state index in [2.05, 4.69) is 12.2 Å². The van der Waals surface area contributed by atoms with Gasteiger partial charge in [0.2, 0.25) is 0 Å². The van der Waals surface area contributed by atoms with Crippen molar-refractivity contribution in [1.29, 1.82) is 0 Å². The monoisotopic (exact) mass is 315 g/mol. The zero-order valence-electron chi connectivity index (χ0n) is 14.3. The van der Waals surface area contributed by atoms with E-state index in [1.807, 2.05) is 0 Å². The van der Waals surface area contributed by atoms with Gasteiger partial charge >= 0.3 is 0 Å². The van der Waals surface area contributed by atoms with Gasteiger partial charge in [-0.15, -0.1) is 0 Å². The number of hydrogen-bond donors (Lipinski definition) is 1. The summed E-state index contributed by atoms with van der Waals surface area (Å²) in [6.45, 7) is 3.36. The van der Waals surface area contributed by atoms with E-state index in [4.69, 9.17) is 0 Å². The summed E-state index contributed by atoms with van der Waals surface area (Å²) < 4.78 is 0. The third kappa shape index (κ3) is 1.61. The summed E-state index contributed by atoms with van der Waals surface area (Å²) in [4.78, 5) is 24.7. The molecular weight excluding hydrogens is 286 g/mol. The van der Waals surface area contributed by atoms with Gasteiger partial charge in [0.1, 0.15) is 11.6 Å². The van der Waals surface area contributed by atoms with E-state index in [0.29, 0.717) is 22.9 Å². The molecule has 0 unspecified atom stereocenters. The molecule has 1 heterocycles. The first-order chi connectivity index (χ1) is 11.0. The van der Waals surface area contributed by atoms with E-state index < -0.39 is 0 Å². The van der Waals surface area contributed by atoms with Gasteiger partial charge in [-0.25, -0.2) is 0 Å². The number of nitrogens with one attached hydrogen (secondary N) is 1. The molecule has 0 aromatic carbocycles. The summed E-state index contributed by atoms with van der Waals surface area (Å²) in [5.41, 5.74) is 0.449. The Hall–Kier alpha value is -0.700. The Morgan fingerprint density at radius 1 is 0.957 bits per heavy atom. The second-order valence-corrected chi connectivity index (χ2v) is 9.46. The van der Waals surface area contributed by atoms with Crippen molar-refractivity contribution in [3.05, 3.63) is 0 Å². The van der Waals surface area contributed by atoms with Crippen LogP contribution in [0.4, 0.5) is 0 Å². The molecule has 0 aromatic heterocycles. The van der Waals surface area contributed by atoms with Gasteiger partial charge in [-0.1, -0.05) is 6.92 Å². The lowest BCUT2D eigenvalue weighted by atomic mass is 9.42. The fraction of sp³-hybridized carbons (Fsp3) is 0.900. The fourth-order valence-electron chi connectivity index (χ4n) is 8.04. The normalized spacial score (nSPS) is 55.1. The summed E-state index contributed by atoms with van der Waals surface area (Å²) in [7, 11) is 0. The van der Waals surface area contributed by atoms with Gasteiger partial charge in [0.25, 0.3) is 0 Å². The molecule has 6 atom stereocenters. The van der Waals surface area contributed by atoms with Gasteiger partial charge in [0.05, 0.1) is 0 Å². The van der Waals surface area contributed by atoms with E-state index in [0.717, 1.165) is 56.9 Å². The second kappa shape index (κ2) is 4.47. The van der Waals surface area contributed by atoms with Crippen LogP contribution < -0.4 is 5.32 Å². The molecule has 1 saturated heterocycles. The Kier molecular flexibility index (Phi) is 2.84. The lowest BCUT2D eigenvalue weighted by Crippen LogP contribution is -2.64. The van der Waals surface area contributed by atoms with E-state index >= 15 is 0 Å². The average Bonchev–Trinajstić information content (AvgIpc) is 3.05. The highest BCUT2D eigenvalue weighted by Crippen LogP contribution is 2.68. The number of fused-ring (bicyclic) bond motifs is 3. The summed E-state index contributed by atoms with van der Waals surface area (Å²) in [5, 5.41) is 3.82. The third-order valence-corrected chi connectivity index (χ3v) is 9.10. The molecule has 1 N–H and O–H groups in total. The van der Waals surface area contributed by atoms with Crippen LogP contribution >= 0.6 is 0 Å². The lowest BCUT2D eigenvalue weighted by Gasteiger charge is -2.63. The van der Waals surface area contributed by atoms with Crippen molar-refractivity contribution in [1.82, 2.24) is 5.32 Å². The first kappa shape index (κ1) is 14.6. The van der Waals surface area contributed by atoms with Crippen LogP contribution in [0.25, 0.3) is 0 Å². The maximum atomic E-state index is 12.5. The first-order valence-electron chi connectivity index (χ1n) is 9.81. The van der Waals surface area contributed by atoms with Crippen LogP contribution in [0.2, 0.25) is 0 Å². The molecule has 3 nitrogen and oxygen atoms in total. The molecule has 0 aromatic rings. The Bertz CT molecular complexity index is 586. The fourth-order valence-corrected chi connectivity index (χ4v) is 8.04. The van der Waals surface area contributed by atoms with Gasteiger partial charge < -0.3 is 5.32 Å². The molecule has 0 bridgehead atoms. The van der Waals surface area contributed by atoms with Crippen molar-refractivity contribution in [2.75, 3.05) is 6.54 Å². The maximum absolute atomic E-state index is 12.5. The van der Waals surface area contributed by atoms with Gasteiger partial charge in [0.15, 0.2) is 0 Å². The molecule has 0 radical (unpaired) electrons. The molecular formula is C20H29NO2. The number of Topliss-reactive ketones (excluding diaryl/α,β-unsaturated/α-hetero) is 2. The highest BCUT2D eigenvalue weighted by Gasteiger charge is 2.67. The topological polar surface area (TPSA) is 46.2 Å². The van der Waals surface area contributed by atoms with E-state index in [1.54, 1.807) is 0 Å². The SMILES string of the molecule is C[C@]12CC[C@H]3[C@@H](CC[C@]45CC(=O)CC[C@]34CCN5)[C@@H]1CCC2=O. The molecule has 126 valence electrons. The van der Waals surface area contributed by atoms with Gasteiger partial charge in [-0.3, -0.25) is 9.59 Å². The highest BCUT2D eigenvalue weighted by molar-refractivity contribution is 5.87. The molecule has 0 amide bonds. The third-order valence-electron chi connectivity index (χ3n) is 9.10. The van der Waals surface area contributed by atoms with Crippen LogP contribution in [-0.2, 0) is 9.59 Å². The highest BCUT2D eigenvalue weighted by atomic mass is 16.1. The number of hydrogen-bond acceptors (Lipinski definition) is 3. The van der Waals surface area contributed by atoms with Crippen molar-refractivity contribution in [3.8, 4) is 0 Å². The van der Waals surface area contributed by atoms with Gasteiger partial charge in [-0.05, 0) is 74.7 Å². The minimum absolute atomic E-state index is 0.0195. The minimum atomic E-state index is -0.0195. The van der Waals surface area contributed by atoms with Crippen molar-refractivity contribution in [2.45, 2.75) is 76.7 Å².